The van der Waals surface area contributed by atoms with Crippen molar-refractivity contribution in [2.45, 2.75) is 4.90 Å². The Morgan fingerprint density at radius 3 is 1.94 bits per heavy atom. The summed E-state index contributed by atoms with van der Waals surface area (Å²) in [6.45, 7) is -0.351. The van der Waals surface area contributed by atoms with Crippen LogP contribution in [0.2, 0.25) is 0 Å². The molecule has 0 saturated heterocycles. The van der Waals surface area contributed by atoms with Crippen LogP contribution in [-0.2, 0) is 4.79 Å². The monoisotopic (exact) mass is 436 g/mol. The van der Waals surface area contributed by atoms with Gasteiger partial charge >= 0.3 is 5.97 Å². The summed E-state index contributed by atoms with van der Waals surface area (Å²) < 4.78 is 16.4. The third kappa shape index (κ3) is 6.06. The minimum Gasteiger partial charge on any atom is -0.496 e. The molecule has 0 amide bonds. The highest BCUT2D eigenvalue weighted by molar-refractivity contribution is 7.99. The van der Waals surface area contributed by atoms with Crippen LogP contribution in [0.25, 0.3) is 5.57 Å². The Balaban J connectivity index is 1.84. The summed E-state index contributed by atoms with van der Waals surface area (Å²) in [4.78, 5) is 11.7. The number of methoxy groups -OCH3 is 2. The molecule has 0 bridgehead atoms. The van der Waals surface area contributed by atoms with Crippen molar-refractivity contribution < 1.29 is 24.1 Å². The Labute approximate surface area is 186 Å². The first-order chi connectivity index (χ1) is 15.1. The first kappa shape index (κ1) is 22.3. The number of thioether (sulfide) groups is 1. The number of hydrogen-bond donors (Lipinski definition) is 1. The predicted molar refractivity (Wildman–Crippen MR) is 123 cm³/mol. The highest BCUT2D eigenvalue weighted by Gasteiger charge is 2.14. The quantitative estimate of drug-likeness (QED) is 0.430. The van der Waals surface area contributed by atoms with E-state index in [1.807, 2.05) is 60.7 Å². The largest absolute Gasteiger partial charge is 0.496 e. The van der Waals surface area contributed by atoms with E-state index in [1.165, 1.54) is 0 Å². The molecule has 160 valence electrons. The van der Waals surface area contributed by atoms with E-state index in [4.69, 9.17) is 19.3 Å². The molecule has 0 aliphatic rings. The van der Waals surface area contributed by atoms with Crippen molar-refractivity contribution in [1.82, 2.24) is 0 Å². The molecule has 5 nitrogen and oxygen atoms in total. The summed E-state index contributed by atoms with van der Waals surface area (Å²) in [7, 11) is 3.34. The number of carbonyl (C=O) groups is 1. The lowest BCUT2D eigenvalue weighted by atomic mass is 9.96. The van der Waals surface area contributed by atoms with Gasteiger partial charge in [-0.3, -0.25) is 0 Å². The van der Waals surface area contributed by atoms with Crippen molar-refractivity contribution in [1.29, 1.82) is 0 Å². The summed E-state index contributed by atoms with van der Waals surface area (Å²) in [5.41, 5.74) is 3.02. The Kier molecular flexibility index (Phi) is 8.01. The SMILES string of the molecule is COc1ccccc1C(=CCSc1ccc(OCC(=O)O)cc1)c1ccccc1OC. The molecule has 31 heavy (non-hydrogen) atoms. The Hall–Kier alpha value is -3.38. The normalized spacial score (nSPS) is 10.3. The van der Waals surface area contributed by atoms with Crippen LogP contribution in [0, 0.1) is 0 Å². The van der Waals surface area contributed by atoms with E-state index in [0.29, 0.717) is 5.75 Å². The number of carboxylic acids is 1. The van der Waals surface area contributed by atoms with Gasteiger partial charge in [0.1, 0.15) is 17.2 Å². The van der Waals surface area contributed by atoms with Gasteiger partial charge in [-0.15, -0.1) is 11.8 Å². The topological polar surface area (TPSA) is 65.0 Å². The molecule has 0 aromatic heterocycles. The molecular weight excluding hydrogens is 412 g/mol. The second-order valence-electron chi connectivity index (χ2n) is 6.48. The van der Waals surface area contributed by atoms with Gasteiger partial charge in [0.05, 0.1) is 14.2 Å². The first-order valence-corrected chi connectivity index (χ1v) is 10.7. The van der Waals surface area contributed by atoms with E-state index < -0.39 is 5.97 Å². The molecule has 0 radical (unpaired) electrons. The van der Waals surface area contributed by atoms with Crippen molar-refractivity contribution in [3.8, 4) is 17.2 Å². The van der Waals surface area contributed by atoms with Crippen LogP contribution in [0.1, 0.15) is 11.1 Å². The van der Waals surface area contributed by atoms with E-state index >= 15 is 0 Å². The van der Waals surface area contributed by atoms with Crippen LogP contribution in [0.15, 0.2) is 83.8 Å². The van der Waals surface area contributed by atoms with Crippen molar-refractivity contribution in [2.24, 2.45) is 0 Å². The first-order valence-electron chi connectivity index (χ1n) is 9.66. The van der Waals surface area contributed by atoms with Gasteiger partial charge in [-0.1, -0.05) is 42.5 Å². The number of carboxylic acid groups (broad SMARTS) is 1. The smallest absolute Gasteiger partial charge is 0.341 e. The van der Waals surface area contributed by atoms with Gasteiger partial charge in [0.15, 0.2) is 6.61 Å². The summed E-state index contributed by atoms with van der Waals surface area (Å²) in [5, 5.41) is 8.71. The van der Waals surface area contributed by atoms with Gasteiger partial charge < -0.3 is 19.3 Å². The average molecular weight is 437 g/mol. The zero-order chi connectivity index (χ0) is 22.1. The predicted octanol–water partition coefficient (Wildman–Crippen LogP) is 5.39. The number of ether oxygens (including phenoxy) is 3. The third-order valence-electron chi connectivity index (χ3n) is 4.52. The highest BCUT2D eigenvalue weighted by atomic mass is 32.2. The van der Waals surface area contributed by atoms with Crippen molar-refractivity contribution in [3.63, 3.8) is 0 Å². The molecule has 0 aliphatic heterocycles. The average Bonchev–Trinajstić information content (AvgIpc) is 2.81. The lowest BCUT2D eigenvalue weighted by Gasteiger charge is -2.15. The van der Waals surface area contributed by atoms with E-state index in [2.05, 4.69) is 6.08 Å². The lowest BCUT2D eigenvalue weighted by molar-refractivity contribution is -0.139. The summed E-state index contributed by atoms with van der Waals surface area (Å²) in [6, 6.07) is 23.2. The van der Waals surface area contributed by atoms with Crippen LogP contribution < -0.4 is 14.2 Å². The van der Waals surface area contributed by atoms with E-state index in [1.54, 1.807) is 38.1 Å². The number of para-hydroxylation sites is 2. The van der Waals surface area contributed by atoms with E-state index in [0.717, 1.165) is 38.8 Å². The summed E-state index contributed by atoms with van der Waals surface area (Å²) >= 11 is 1.67. The lowest BCUT2D eigenvalue weighted by Crippen LogP contribution is -2.09. The maximum absolute atomic E-state index is 10.6. The molecule has 0 fully saturated rings. The van der Waals surface area contributed by atoms with Gasteiger partial charge in [-0.2, -0.15) is 0 Å². The molecule has 0 atom stereocenters. The van der Waals surface area contributed by atoms with Crippen molar-refractivity contribution in [2.75, 3.05) is 26.6 Å². The number of hydrogen-bond acceptors (Lipinski definition) is 5. The highest BCUT2D eigenvalue weighted by Crippen LogP contribution is 2.36. The molecule has 3 aromatic carbocycles. The van der Waals surface area contributed by atoms with Gasteiger partial charge in [0, 0.05) is 21.8 Å². The minimum atomic E-state index is -0.996. The van der Waals surface area contributed by atoms with E-state index in [-0.39, 0.29) is 6.61 Å². The van der Waals surface area contributed by atoms with Gasteiger partial charge in [0.2, 0.25) is 0 Å². The standard InChI is InChI=1S/C25H24O5S/c1-28-23-9-5-3-7-21(23)20(22-8-4-6-10-24(22)29-2)15-16-31-19-13-11-18(12-14-19)30-17-25(26)27/h3-15H,16-17H2,1-2H3,(H,26,27). The molecule has 0 unspecified atom stereocenters. The maximum Gasteiger partial charge on any atom is 0.341 e. The minimum absolute atomic E-state index is 0.351. The van der Waals surface area contributed by atoms with Crippen LogP contribution in [0.4, 0.5) is 0 Å². The maximum atomic E-state index is 10.6. The van der Waals surface area contributed by atoms with Crippen LogP contribution in [0.3, 0.4) is 0 Å². The van der Waals surface area contributed by atoms with Crippen molar-refractivity contribution in [3.05, 3.63) is 90.0 Å². The molecule has 3 aromatic rings. The van der Waals surface area contributed by atoms with Crippen LogP contribution >= 0.6 is 11.8 Å². The molecule has 0 aliphatic carbocycles. The van der Waals surface area contributed by atoms with Crippen LogP contribution in [0.5, 0.6) is 17.2 Å². The molecule has 6 heteroatoms. The fourth-order valence-corrected chi connectivity index (χ4v) is 3.87. The fourth-order valence-electron chi connectivity index (χ4n) is 3.10. The summed E-state index contributed by atoms with van der Waals surface area (Å²) in [6.07, 6.45) is 2.16. The molecule has 0 saturated carbocycles. The zero-order valence-electron chi connectivity index (χ0n) is 17.4. The molecule has 0 spiro atoms. The molecular formula is C25H24O5S. The second kappa shape index (κ2) is 11.1. The molecule has 0 heterocycles. The van der Waals surface area contributed by atoms with Gasteiger partial charge in [-0.05, 0) is 42.0 Å². The number of benzene rings is 3. The fraction of sp³-hybridized carbons (Fsp3) is 0.160. The van der Waals surface area contributed by atoms with Crippen molar-refractivity contribution >= 4 is 23.3 Å². The van der Waals surface area contributed by atoms with E-state index in [9.17, 15) is 4.79 Å². The number of aliphatic carboxylic acids is 1. The van der Waals surface area contributed by atoms with Gasteiger partial charge in [-0.25, -0.2) is 4.79 Å². The Bertz CT molecular complexity index is 994. The Morgan fingerprint density at radius 1 is 0.871 bits per heavy atom. The molecule has 3 rings (SSSR count). The second-order valence-corrected chi connectivity index (χ2v) is 7.58. The zero-order valence-corrected chi connectivity index (χ0v) is 18.2. The molecule has 1 N–H and O–H groups in total. The summed E-state index contributed by atoms with van der Waals surface area (Å²) in [5.74, 6) is 1.85. The van der Waals surface area contributed by atoms with Crippen LogP contribution in [-0.4, -0.2) is 37.7 Å². The van der Waals surface area contributed by atoms with Gasteiger partial charge in [0.25, 0.3) is 0 Å². The number of rotatable bonds is 10. The third-order valence-corrected chi connectivity index (χ3v) is 5.46. The Morgan fingerprint density at radius 2 is 1.42 bits per heavy atom.